The standard InChI is InChI=1S/C26H50N6O10/c1-26(38)12-39-25(19(36)22(26)30-2)42-21-16(32-23(37)17(34)4-3-7-27)10-15(29)20(18(21)35)41-24-14(28)6-5-13(40-24)11-31-8-9-33/h13-15,17-22,24-25,30-31,33-36,38H,3-12,27-29H2,1-2H3/b32-16+/t13-,14?,15-,17-,18?,19?,20?,21?,22+,24+,25+,26?/m0/s1. The predicted molar refractivity (Wildman–Crippen MR) is 150 cm³/mol. The first-order valence-electron chi connectivity index (χ1n) is 14.6. The van der Waals surface area contributed by atoms with E-state index in [1.54, 1.807) is 7.05 Å². The third-order valence-electron chi connectivity index (χ3n) is 7.93. The molecule has 42 heavy (non-hydrogen) atoms. The summed E-state index contributed by atoms with van der Waals surface area (Å²) in [5, 5.41) is 58.3. The molecule has 12 atom stereocenters. The lowest BCUT2D eigenvalue weighted by Gasteiger charge is -2.47. The highest BCUT2D eigenvalue weighted by Crippen LogP contribution is 2.31. The molecule has 2 aliphatic heterocycles. The molecule has 0 radical (unpaired) electrons. The van der Waals surface area contributed by atoms with E-state index in [1.165, 1.54) is 6.92 Å². The minimum absolute atomic E-state index is 0.0148. The quantitative estimate of drug-likeness (QED) is 0.0883. The maximum atomic E-state index is 12.7. The molecule has 0 aromatic rings. The van der Waals surface area contributed by atoms with E-state index in [9.17, 15) is 25.2 Å². The molecule has 0 aromatic heterocycles. The van der Waals surface area contributed by atoms with Crippen molar-refractivity contribution in [3.8, 4) is 0 Å². The van der Waals surface area contributed by atoms with Crippen molar-refractivity contribution in [3.05, 3.63) is 0 Å². The zero-order valence-corrected chi connectivity index (χ0v) is 24.4. The molecule has 1 aliphatic carbocycles. The van der Waals surface area contributed by atoms with Crippen LogP contribution in [0.4, 0.5) is 0 Å². The van der Waals surface area contributed by atoms with E-state index in [0.717, 1.165) is 0 Å². The summed E-state index contributed by atoms with van der Waals surface area (Å²) in [6.45, 7) is 2.45. The topological polar surface area (TPSA) is 270 Å². The van der Waals surface area contributed by atoms with E-state index in [0.29, 0.717) is 32.4 Å². The summed E-state index contributed by atoms with van der Waals surface area (Å²) in [5.74, 6) is -0.845. The predicted octanol–water partition coefficient (Wildman–Crippen LogP) is -4.61. The SMILES string of the molecule is CN[C@@H]1C(O)[C@@H](OC2/C(=N/C(=O)[C@@H](O)CCCN)C[C@H](N)C(O[C@H]3O[C@H](CNCCO)CCC3N)C2O)OCC1(C)O. The van der Waals surface area contributed by atoms with Gasteiger partial charge in [0, 0.05) is 25.6 Å². The Morgan fingerprint density at radius 2 is 1.93 bits per heavy atom. The number of nitrogens with one attached hydrogen (secondary N) is 2. The Morgan fingerprint density at radius 3 is 2.60 bits per heavy atom. The number of nitrogens with zero attached hydrogens (tertiary/aromatic N) is 1. The van der Waals surface area contributed by atoms with Gasteiger partial charge < -0.3 is 72.3 Å². The number of hydrogen-bond donors (Lipinski definition) is 10. The second-order valence-corrected chi connectivity index (χ2v) is 11.5. The van der Waals surface area contributed by atoms with Crippen molar-refractivity contribution in [1.82, 2.24) is 10.6 Å². The minimum atomic E-state index is -1.50. The first kappa shape index (κ1) is 35.3. The molecule has 1 saturated carbocycles. The molecule has 2 heterocycles. The summed E-state index contributed by atoms with van der Waals surface area (Å²) < 4.78 is 23.8. The average Bonchev–Trinajstić information content (AvgIpc) is 2.94. The molecule has 6 unspecified atom stereocenters. The number of carbonyl (C=O) groups is 1. The van der Waals surface area contributed by atoms with Crippen LogP contribution >= 0.6 is 0 Å². The van der Waals surface area contributed by atoms with Crippen molar-refractivity contribution in [2.75, 3.05) is 39.9 Å². The van der Waals surface area contributed by atoms with Crippen LogP contribution in [0.2, 0.25) is 0 Å². The number of ether oxygens (including phenoxy) is 4. The van der Waals surface area contributed by atoms with Gasteiger partial charge in [-0.3, -0.25) is 4.79 Å². The highest BCUT2D eigenvalue weighted by Gasteiger charge is 2.51. The summed E-state index contributed by atoms with van der Waals surface area (Å²) in [6.07, 6.45) is -7.45. The third kappa shape index (κ3) is 8.92. The monoisotopic (exact) mass is 606 g/mol. The fourth-order valence-electron chi connectivity index (χ4n) is 5.56. The molecule has 0 spiro atoms. The number of amides is 1. The van der Waals surface area contributed by atoms with E-state index in [1.807, 2.05) is 0 Å². The van der Waals surface area contributed by atoms with Gasteiger partial charge in [-0.15, -0.1) is 0 Å². The first-order chi connectivity index (χ1) is 19.9. The van der Waals surface area contributed by atoms with Crippen molar-refractivity contribution < 1.29 is 49.3 Å². The van der Waals surface area contributed by atoms with Crippen molar-refractivity contribution in [1.29, 1.82) is 0 Å². The highest BCUT2D eigenvalue weighted by molar-refractivity contribution is 6.00. The van der Waals surface area contributed by atoms with Crippen LogP contribution in [-0.4, -0.2) is 150 Å². The fraction of sp³-hybridized carbons (Fsp3) is 0.923. The first-order valence-corrected chi connectivity index (χ1v) is 14.6. The van der Waals surface area contributed by atoms with Crippen LogP contribution in [0.5, 0.6) is 0 Å². The Labute approximate surface area is 245 Å². The van der Waals surface area contributed by atoms with Gasteiger partial charge in [-0.25, -0.2) is 4.99 Å². The minimum Gasteiger partial charge on any atom is -0.395 e. The molecule has 1 amide bonds. The summed E-state index contributed by atoms with van der Waals surface area (Å²) in [7, 11) is 1.57. The van der Waals surface area contributed by atoms with Gasteiger partial charge in [-0.1, -0.05) is 0 Å². The molecule has 0 bridgehead atoms. The average molecular weight is 607 g/mol. The highest BCUT2D eigenvalue weighted by atomic mass is 16.7. The van der Waals surface area contributed by atoms with Gasteiger partial charge in [0.25, 0.3) is 5.91 Å². The lowest BCUT2D eigenvalue weighted by atomic mass is 9.85. The number of aliphatic imine (C=N–C) groups is 1. The second kappa shape index (κ2) is 16.2. The van der Waals surface area contributed by atoms with E-state index < -0.39 is 72.7 Å². The van der Waals surface area contributed by atoms with E-state index >= 15 is 0 Å². The van der Waals surface area contributed by atoms with Crippen molar-refractivity contribution in [2.45, 2.75) is 112 Å². The second-order valence-electron chi connectivity index (χ2n) is 11.5. The number of aliphatic hydroxyl groups is 5. The summed E-state index contributed by atoms with van der Waals surface area (Å²) >= 11 is 0. The molecular formula is C26H50N6O10. The van der Waals surface area contributed by atoms with Gasteiger partial charge in [0.05, 0.1) is 37.1 Å². The summed E-state index contributed by atoms with van der Waals surface area (Å²) in [5.41, 5.74) is 16.8. The molecule has 2 saturated heterocycles. The van der Waals surface area contributed by atoms with Crippen molar-refractivity contribution in [2.24, 2.45) is 22.2 Å². The number of rotatable bonds is 13. The molecule has 3 rings (SSSR count). The Kier molecular flexibility index (Phi) is 13.6. The molecule has 13 N–H and O–H groups in total. The molecule has 244 valence electrons. The smallest absolute Gasteiger partial charge is 0.274 e. The van der Waals surface area contributed by atoms with Crippen LogP contribution < -0.4 is 27.8 Å². The number of hydrogen-bond acceptors (Lipinski definition) is 15. The van der Waals surface area contributed by atoms with Gasteiger partial charge in [-0.2, -0.15) is 0 Å². The van der Waals surface area contributed by atoms with Gasteiger partial charge >= 0.3 is 0 Å². The zero-order valence-electron chi connectivity index (χ0n) is 24.4. The van der Waals surface area contributed by atoms with E-state index in [4.69, 9.17) is 41.3 Å². The molecular weight excluding hydrogens is 556 g/mol. The normalized spacial score (nSPS) is 41.1. The molecule has 0 aromatic carbocycles. The third-order valence-corrected chi connectivity index (χ3v) is 7.93. The van der Waals surface area contributed by atoms with Crippen LogP contribution in [0.3, 0.4) is 0 Å². The van der Waals surface area contributed by atoms with Crippen molar-refractivity contribution >= 4 is 11.6 Å². The summed E-state index contributed by atoms with van der Waals surface area (Å²) in [6, 6.07) is -2.20. The molecule has 16 heteroatoms. The van der Waals surface area contributed by atoms with Gasteiger partial charge in [0.1, 0.15) is 36.1 Å². The van der Waals surface area contributed by atoms with Crippen LogP contribution in [0, 0.1) is 0 Å². The molecule has 16 nitrogen and oxygen atoms in total. The fourth-order valence-corrected chi connectivity index (χ4v) is 5.56. The van der Waals surface area contributed by atoms with Gasteiger partial charge in [0.15, 0.2) is 12.6 Å². The maximum absolute atomic E-state index is 12.7. The lowest BCUT2D eigenvalue weighted by molar-refractivity contribution is -0.292. The Hall–Kier alpha value is -1.22. The van der Waals surface area contributed by atoms with Crippen LogP contribution in [0.25, 0.3) is 0 Å². The van der Waals surface area contributed by atoms with Crippen molar-refractivity contribution in [3.63, 3.8) is 0 Å². The Bertz CT molecular complexity index is 885. The number of carbonyl (C=O) groups excluding carboxylic acids is 1. The van der Waals surface area contributed by atoms with E-state index in [2.05, 4.69) is 15.6 Å². The van der Waals surface area contributed by atoms with Gasteiger partial charge in [-0.05, 0) is 46.2 Å². The number of nitrogens with two attached hydrogens (primary N) is 3. The maximum Gasteiger partial charge on any atom is 0.274 e. The largest absolute Gasteiger partial charge is 0.395 e. The Morgan fingerprint density at radius 1 is 1.19 bits per heavy atom. The summed E-state index contributed by atoms with van der Waals surface area (Å²) in [4.78, 5) is 16.8. The van der Waals surface area contributed by atoms with Crippen LogP contribution in [0.15, 0.2) is 4.99 Å². The Balaban J connectivity index is 1.82. The van der Waals surface area contributed by atoms with Crippen LogP contribution in [-0.2, 0) is 23.7 Å². The van der Waals surface area contributed by atoms with Gasteiger partial charge in [0.2, 0.25) is 0 Å². The number of aliphatic hydroxyl groups excluding tert-OH is 4. The number of likely N-dealkylation sites (N-methyl/N-ethyl adjacent to an activating group) is 1. The van der Waals surface area contributed by atoms with Crippen LogP contribution in [0.1, 0.15) is 39.0 Å². The van der Waals surface area contributed by atoms with E-state index in [-0.39, 0.29) is 44.4 Å². The zero-order chi connectivity index (χ0) is 31.0. The molecule has 3 fully saturated rings. The molecule has 3 aliphatic rings. The lowest BCUT2D eigenvalue weighted by Crippen LogP contribution is -2.67.